The van der Waals surface area contributed by atoms with E-state index < -0.39 is 4.92 Å². The van der Waals surface area contributed by atoms with Crippen LogP contribution in [0, 0.1) is 16.0 Å². The number of carbonyl (C=O) groups excluding carboxylic acids is 1. The Labute approximate surface area is 181 Å². The number of esters is 1. The van der Waals surface area contributed by atoms with E-state index in [1.54, 1.807) is 19.2 Å². The maximum atomic E-state index is 11.7. The molecule has 0 saturated carbocycles. The molecule has 1 heterocycles. The summed E-state index contributed by atoms with van der Waals surface area (Å²) in [7, 11) is 3.05. The largest absolute Gasteiger partial charge is 0.469 e. The normalized spacial score (nSPS) is 14.9. The number of hydrogen-bond donors (Lipinski definition) is 1. The molecule has 156 valence electrons. The van der Waals surface area contributed by atoms with Crippen LogP contribution in [0.4, 0.5) is 5.69 Å². The maximum Gasteiger partial charge on any atom is 0.308 e. The molecule has 28 heavy (non-hydrogen) atoms. The molecular weight excluding hydrogens is 479 g/mol. The molecule has 1 aliphatic rings. The van der Waals surface area contributed by atoms with E-state index in [1.807, 2.05) is 0 Å². The lowest BCUT2D eigenvalue weighted by molar-refractivity contribution is -0.384. The molecule has 1 fully saturated rings. The van der Waals surface area contributed by atoms with E-state index in [4.69, 9.17) is 9.47 Å². The summed E-state index contributed by atoms with van der Waals surface area (Å²) in [6.07, 6.45) is 1.43. The van der Waals surface area contributed by atoms with E-state index in [0.29, 0.717) is 32.8 Å². The molecule has 0 amide bonds. The molecule has 0 aliphatic carbocycles. The van der Waals surface area contributed by atoms with Crippen LogP contribution in [0.2, 0.25) is 0 Å². The molecule has 0 aromatic heterocycles. The molecule has 0 spiro atoms. The molecule has 0 unspecified atom stereocenters. The number of nitro benzene ring substituents is 1. The second-order valence-electron chi connectivity index (χ2n) is 6.27. The molecule has 1 aromatic carbocycles. The zero-order chi connectivity index (χ0) is 19.6. The first-order chi connectivity index (χ1) is 13.0. The fourth-order valence-corrected chi connectivity index (χ4v) is 2.92. The van der Waals surface area contributed by atoms with Crippen molar-refractivity contribution in [2.45, 2.75) is 19.4 Å². The van der Waals surface area contributed by atoms with Gasteiger partial charge in [-0.3, -0.25) is 14.9 Å². The third-order valence-electron chi connectivity index (χ3n) is 4.48. The summed E-state index contributed by atoms with van der Waals surface area (Å²) in [4.78, 5) is 28.8. The number of nitrogens with one attached hydrogen (secondary N) is 1. The smallest absolute Gasteiger partial charge is 0.308 e. The Kier molecular flexibility index (Phi) is 10.8. The first-order valence-corrected chi connectivity index (χ1v) is 8.88. The molecular formula is C18H27IN4O5. The van der Waals surface area contributed by atoms with Crippen LogP contribution in [-0.2, 0) is 20.8 Å². The number of piperidine rings is 1. The number of carbonyl (C=O) groups is 1. The van der Waals surface area contributed by atoms with Crippen LogP contribution >= 0.6 is 24.0 Å². The van der Waals surface area contributed by atoms with Crippen molar-refractivity contribution in [1.82, 2.24) is 10.2 Å². The number of guanidine groups is 1. The van der Waals surface area contributed by atoms with Gasteiger partial charge in [0.15, 0.2) is 5.96 Å². The van der Waals surface area contributed by atoms with Crippen LogP contribution in [0.3, 0.4) is 0 Å². The van der Waals surface area contributed by atoms with E-state index in [9.17, 15) is 14.9 Å². The van der Waals surface area contributed by atoms with E-state index in [2.05, 4.69) is 15.2 Å². The fraction of sp³-hybridized carbons (Fsp3) is 0.556. The fourth-order valence-electron chi connectivity index (χ4n) is 2.92. The highest BCUT2D eigenvalue weighted by molar-refractivity contribution is 14.0. The van der Waals surface area contributed by atoms with Crippen LogP contribution in [0.5, 0.6) is 0 Å². The van der Waals surface area contributed by atoms with Crippen molar-refractivity contribution < 1.29 is 19.2 Å². The monoisotopic (exact) mass is 506 g/mol. The summed E-state index contributed by atoms with van der Waals surface area (Å²) in [6, 6.07) is 6.37. The molecule has 1 aliphatic heterocycles. The lowest BCUT2D eigenvalue weighted by Gasteiger charge is -2.33. The molecule has 1 saturated heterocycles. The summed E-state index contributed by atoms with van der Waals surface area (Å²) in [5.41, 5.74) is 0.946. The van der Waals surface area contributed by atoms with Gasteiger partial charge in [-0.2, -0.15) is 0 Å². The van der Waals surface area contributed by atoms with Crippen LogP contribution in [0.1, 0.15) is 18.4 Å². The molecule has 0 atom stereocenters. The number of aliphatic imine (C=N–C) groups is 1. The molecule has 1 N–H and O–H groups in total. The molecule has 2 rings (SSSR count). The first kappa shape index (κ1) is 24.1. The van der Waals surface area contributed by atoms with Gasteiger partial charge >= 0.3 is 5.97 Å². The first-order valence-electron chi connectivity index (χ1n) is 8.88. The minimum Gasteiger partial charge on any atom is -0.469 e. The number of hydrogen-bond acceptors (Lipinski definition) is 6. The summed E-state index contributed by atoms with van der Waals surface area (Å²) in [5, 5.41) is 14.0. The second kappa shape index (κ2) is 12.5. The van der Waals surface area contributed by atoms with Crippen molar-refractivity contribution in [1.29, 1.82) is 0 Å². The van der Waals surface area contributed by atoms with Crippen LogP contribution in [-0.4, -0.2) is 62.2 Å². The SMILES string of the molecule is COCCNC(=NCc1ccc([N+](=O)[O-])cc1)N1CCC(C(=O)OC)CC1.I. The number of ether oxygens (including phenoxy) is 2. The highest BCUT2D eigenvalue weighted by Crippen LogP contribution is 2.19. The van der Waals surface area contributed by atoms with Gasteiger partial charge in [-0.15, -0.1) is 24.0 Å². The van der Waals surface area contributed by atoms with Gasteiger partial charge in [-0.1, -0.05) is 12.1 Å². The predicted molar refractivity (Wildman–Crippen MR) is 116 cm³/mol. The lowest BCUT2D eigenvalue weighted by Crippen LogP contribution is -2.47. The summed E-state index contributed by atoms with van der Waals surface area (Å²) < 4.78 is 9.91. The average molecular weight is 506 g/mol. The van der Waals surface area contributed by atoms with Gasteiger partial charge in [0.1, 0.15) is 0 Å². The standard InChI is InChI=1S/C18H26N4O5.HI/c1-26-12-9-19-18(21-10-7-15(8-11-21)17(23)27-2)20-13-14-3-5-16(6-4-14)22(24)25;/h3-6,15H,7-13H2,1-2H3,(H,19,20);1H. The van der Waals surface area contributed by atoms with Crippen molar-refractivity contribution in [2.75, 3.05) is 40.5 Å². The number of likely N-dealkylation sites (tertiary alicyclic amines) is 1. The van der Waals surface area contributed by atoms with Gasteiger partial charge in [0.25, 0.3) is 5.69 Å². The highest BCUT2D eigenvalue weighted by atomic mass is 127. The van der Waals surface area contributed by atoms with Crippen molar-refractivity contribution in [3.63, 3.8) is 0 Å². The quantitative estimate of drug-likeness (QED) is 0.115. The number of halogens is 1. The molecule has 9 nitrogen and oxygen atoms in total. The topological polar surface area (TPSA) is 106 Å². The van der Waals surface area contributed by atoms with Gasteiger partial charge in [-0.25, -0.2) is 4.99 Å². The summed E-state index contributed by atoms with van der Waals surface area (Å²) in [5.74, 6) is 0.515. The number of rotatable bonds is 7. The van der Waals surface area contributed by atoms with Crippen LogP contribution in [0.15, 0.2) is 29.3 Å². The van der Waals surface area contributed by atoms with E-state index in [-0.39, 0.29) is 41.6 Å². The van der Waals surface area contributed by atoms with Crippen molar-refractivity contribution in [2.24, 2.45) is 10.9 Å². The van der Waals surface area contributed by atoms with Crippen molar-refractivity contribution in [3.05, 3.63) is 39.9 Å². The van der Waals surface area contributed by atoms with E-state index in [0.717, 1.165) is 24.4 Å². The number of methoxy groups -OCH3 is 2. The van der Waals surface area contributed by atoms with Crippen LogP contribution in [0.25, 0.3) is 0 Å². The maximum absolute atomic E-state index is 11.7. The number of nitro groups is 1. The van der Waals surface area contributed by atoms with Crippen molar-refractivity contribution in [3.8, 4) is 0 Å². The third-order valence-corrected chi connectivity index (χ3v) is 4.48. The lowest BCUT2D eigenvalue weighted by atomic mass is 9.97. The van der Waals surface area contributed by atoms with Gasteiger partial charge in [0.2, 0.25) is 0 Å². The summed E-state index contributed by atoms with van der Waals surface area (Å²) in [6.45, 7) is 2.99. The third kappa shape index (κ3) is 7.23. The van der Waals surface area contributed by atoms with Crippen LogP contribution < -0.4 is 5.32 Å². The summed E-state index contributed by atoms with van der Waals surface area (Å²) >= 11 is 0. The number of non-ortho nitro benzene ring substituents is 1. The Morgan fingerprint density at radius 3 is 2.46 bits per heavy atom. The van der Waals surface area contributed by atoms with Gasteiger partial charge in [0, 0.05) is 38.9 Å². The van der Waals surface area contributed by atoms with E-state index in [1.165, 1.54) is 19.2 Å². The molecule has 0 bridgehead atoms. The average Bonchev–Trinajstić information content (AvgIpc) is 2.70. The molecule has 1 aromatic rings. The Hall–Kier alpha value is -1.95. The van der Waals surface area contributed by atoms with Crippen molar-refractivity contribution >= 4 is 41.6 Å². The zero-order valence-corrected chi connectivity index (χ0v) is 18.5. The zero-order valence-electron chi connectivity index (χ0n) is 16.1. The highest BCUT2D eigenvalue weighted by Gasteiger charge is 2.27. The van der Waals surface area contributed by atoms with Gasteiger partial charge in [-0.05, 0) is 18.4 Å². The van der Waals surface area contributed by atoms with E-state index >= 15 is 0 Å². The van der Waals surface area contributed by atoms with Gasteiger partial charge < -0.3 is 19.7 Å². The Bertz CT molecular complexity index is 660. The Balaban J connectivity index is 0.00000392. The Morgan fingerprint density at radius 1 is 1.29 bits per heavy atom. The Morgan fingerprint density at radius 2 is 1.93 bits per heavy atom. The molecule has 10 heteroatoms. The molecule has 0 radical (unpaired) electrons. The minimum absolute atomic E-state index is 0. The predicted octanol–water partition coefficient (Wildman–Crippen LogP) is 2.19. The van der Waals surface area contributed by atoms with Gasteiger partial charge in [0.05, 0.1) is 31.1 Å². The number of nitrogens with zero attached hydrogens (tertiary/aromatic N) is 3. The second-order valence-corrected chi connectivity index (χ2v) is 6.27. The minimum atomic E-state index is -0.420. The number of benzene rings is 1.